The summed E-state index contributed by atoms with van der Waals surface area (Å²) in [5.74, 6) is 0.471. The Kier molecular flexibility index (Phi) is 36.1. The largest absolute Gasteiger partial charge is 0.462 e. The van der Waals surface area contributed by atoms with E-state index >= 15 is 0 Å². The normalized spacial score (nSPS) is 12.1. The van der Waals surface area contributed by atoms with Gasteiger partial charge in [-0.1, -0.05) is 136 Å². The van der Waals surface area contributed by atoms with Gasteiger partial charge in [0.1, 0.15) is 12.2 Å². The van der Waals surface area contributed by atoms with Crippen LogP contribution < -0.4 is 0 Å². The second-order valence-corrected chi connectivity index (χ2v) is 16.2. The molecule has 51 heavy (non-hydrogen) atoms. The summed E-state index contributed by atoms with van der Waals surface area (Å²) in [6.07, 6.45) is 29.4. The number of thioether (sulfide) groups is 1. The molecular formula is C43H84N2O5S. The maximum atomic E-state index is 13.3. The van der Waals surface area contributed by atoms with Gasteiger partial charge in [0.2, 0.25) is 0 Å². The molecule has 0 spiro atoms. The molecule has 0 bridgehead atoms. The van der Waals surface area contributed by atoms with Gasteiger partial charge in [-0.3, -0.25) is 14.4 Å². The molecule has 0 radical (unpaired) electrons. The van der Waals surface area contributed by atoms with E-state index in [4.69, 9.17) is 9.47 Å². The van der Waals surface area contributed by atoms with Gasteiger partial charge in [-0.05, 0) is 91.3 Å². The summed E-state index contributed by atoms with van der Waals surface area (Å²) in [4.78, 5) is 43.2. The van der Waals surface area contributed by atoms with Gasteiger partial charge in [-0.15, -0.1) is 0 Å². The highest BCUT2D eigenvalue weighted by molar-refractivity contribution is 8.13. The first-order chi connectivity index (χ1) is 24.8. The van der Waals surface area contributed by atoms with Crippen LogP contribution in [0.4, 0.5) is 4.79 Å². The summed E-state index contributed by atoms with van der Waals surface area (Å²) < 4.78 is 12.0. The van der Waals surface area contributed by atoms with Crippen LogP contribution in [0.1, 0.15) is 207 Å². The quantitative estimate of drug-likeness (QED) is 0.0463. The summed E-state index contributed by atoms with van der Waals surface area (Å²) in [6, 6.07) is 0. The molecule has 0 fully saturated rings. The van der Waals surface area contributed by atoms with Crippen molar-refractivity contribution in [1.29, 1.82) is 0 Å². The topological polar surface area (TPSA) is 76.1 Å². The van der Waals surface area contributed by atoms with Crippen molar-refractivity contribution in [2.24, 2.45) is 0 Å². The molecule has 0 rings (SSSR count). The van der Waals surface area contributed by atoms with E-state index in [0.29, 0.717) is 38.8 Å². The summed E-state index contributed by atoms with van der Waals surface area (Å²) in [7, 11) is 4.09. The number of amides is 1. The summed E-state index contributed by atoms with van der Waals surface area (Å²) in [5, 5.41) is 0.0356. The minimum Gasteiger partial charge on any atom is -0.462 e. The van der Waals surface area contributed by atoms with Crippen LogP contribution in [0, 0.1) is 0 Å². The van der Waals surface area contributed by atoms with Crippen molar-refractivity contribution >= 4 is 28.9 Å². The second kappa shape index (κ2) is 37.1. The lowest BCUT2D eigenvalue weighted by molar-refractivity contribution is -0.150. The lowest BCUT2D eigenvalue weighted by atomic mass is 10.0. The van der Waals surface area contributed by atoms with Gasteiger partial charge >= 0.3 is 11.9 Å². The van der Waals surface area contributed by atoms with Gasteiger partial charge < -0.3 is 19.3 Å². The van der Waals surface area contributed by atoms with Crippen LogP contribution in [0.2, 0.25) is 0 Å². The monoisotopic (exact) mass is 741 g/mol. The van der Waals surface area contributed by atoms with Gasteiger partial charge in [0, 0.05) is 31.7 Å². The average Bonchev–Trinajstić information content (AvgIpc) is 3.10. The van der Waals surface area contributed by atoms with Crippen LogP contribution in [0.5, 0.6) is 0 Å². The number of unbranched alkanes of at least 4 members (excludes halogenated alkanes) is 15. The standard InChI is InChI=1S/C43H84N2O5S/c1-7-11-15-19-23-30-39(29-22-18-14-10-4)49-41(46)33-26-36-45(43(48)51-38-28-35-44(5)6)37-27-34-42(47)50-40(31-24-20-16-12-8-2)32-25-21-17-13-9-3/h39-40H,7-38H2,1-6H3. The molecule has 0 aromatic carbocycles. The molecule has 0 heterocycles. The summed E-state index contributed by atoms with van der Waals surface area (Å²) in [5.41, 5.74) is 0. The van der Waals surface area contributed by atoms with E-state index < -0.39 is 0 Å². The van der Waals surface area contributed by atoms with Crippen molar-refractivity contribution in [3.8, 4) is 0 Å². The van der Waals surface area contributed by atoms with Crippen molar-refractivity contribution in [3.63, 3.8) is 0 Å². The SMILES string of the molecule is CCCCCCCC(CCCCCC)OC(=O)CCCN(CCCC(=O)OC(CCCCCCC)CCCCCCC)C(=O)SCCCN(C)C. The lowest BCUT2D eigenvalue weighted by Gasteiger charge is -2.23. The van der Waals surface area contributed by atoms with E-state index in [0.717, 1.165) is 70.1 Å². The Bertz CT molecular complexity index is 797. The third-order valence-electron chi connectivity index (χ3n) is 9.72. The number of ether oxygens (including phenoxy) is 2. The lowest BCUT2D eigenvalue weighted by Crippen LogP contribution is -2.31. The van der Waals surface area contributed by atoms with Gasteiger partial charge in [0.05, 0.1) is 0 Å². The van der Waals surface area contributed by atoms with E-state index in [1.165, 1.54) is 108 Å². The van der Waals surface area contributed by atoms with E-state index in [1.54, 1.807) is 0 Å². The first-order valence-corrected chi connectivity index (χ1v) is 22.7. The molecule has 8 heteroatoms. The van der Waals surface area contributed by atoms with E-state index in [-0.39, 0.29) is 29.4 Å². The van der Waals surface area contributed by atoms with Crippen molar-refractivity contribution in [2.45, 2.75) is 220 Å². The Hall–Kier alpha value is -1.28. The Labute approximate surface area is 320 Å². The summed E-state index contributed by atoms with van der Waals surface area (Å²) in [6.45, 7) is 10.9. The van der Waals surface area contributed by atoms with Crippen molar-refractivity contribution in [2.75, 3.05) is 39.5 Å². The van der Waals surface area contributed by atoms with E-state index in [2.05, 4.69) is 32.6 Å². The average molecular weight is 741 g/mol. The molecule has 1 amide bonds. The maximum absolute atomic E-state index is 13.3. The number of hydrogen-bond donors (Lipinski definition) is 0. The molecule has 1 atom stereocenters. The number of esters is 2. The molecule has 0 N–H and O–H groups in total. The number of nitrogens with zero attached hydrogens (tertiary/aromatic N) is 2. The summed E-state index contributed by atoms with van der Waals surface area (Å²) >= 11 is 1.35. The maximum Gasteiger partial charge on any atom is 0.306 e. The molecule has 0 saturated carbocycles. The minimum absolute atomic E-state index is 0.00323. The fraction of sp³-hybridized carbons (Fsp3) is 0.930. The first kappa shape index (κ1) is 49.7. The minimum atomic E-state index is -0.144. The smallest absolute Gasteiger partial charge is 0.306 e. The zero-order valence-electron chi connectivity index (χ0n) is 34.6. The van der Waals surface area contributed by atoms with Gasteiger partial charge in [-0.2, -0.15) is 0 Å². The molecule has 0 saturated heterocycles. The molecule has 302 valence electrons. The number of rotatable bonds is 37. The number of carbonyl (C=O) groups excluding carboxylic acids is 3. The van der Waals surface area contributed by atoms with Crippen LogP contribution in [0.15, 0.2) is 0 Å². The van der Waals surface area contributed by atoms with E-state index in [9.17, 15) is 14.4 Å². The predicted octanol–water partition coefficient (Wildman–Crippen LogP) is 12.5. The van der Waals surface area contributed by atoms with Gasteiger partial charge in [-0.25, -0.2) is 0 Å². The van der Waals surface area contributed by atoms with Crippen LogP contribution in [-0.2, 0) is 19.1 Å². The molecule has 0 aromatic heterocycles. The van der Waals surface area contributed by atoms with Crippen LogP contribution in [0.25, 0.3) is 0 Å². The van der Waals surface area contributed by atoms with Crippen LogP contribution >= 0.6 is 11.8 Å². The van der Waals surface area contributed by atoms with E-state index in [1.807, 2.05) is 19.0 Å². The van der Waals surface area contributed by atoms with Crippen molar-refractivity contribution in [3.05, 3.63) is 0 Å². The highest BCUT2D eigenvalue weighted by Crippen LogP contribution is 2.20. The molecule has 0 aliphatic carbocycles. The first-order valence-electron chi connectivity index (χ1n) is 21.7. The second-order valence-electron chi connectivity index (χ2n) is 15.1. The van der Waals surface area contributed by atoms with Gasteiger partial charge in [0.15, 0.2) is 0 Å². The third-order valence-corrected chi connectivity index (χ3v) is 10.7. The van der Waals surface area contributed by atoms with Crippen molar-refractivity contribution in [1.82, 2.24) is 9.80 Å². The highest BCUT2D eigenvalue weighted by Gasteiger charge is 2.19. The zero-order valence-corrected chi connectivity index (χ0v) is 35.4. The Morgan fingerprint density at radius 3 is 1.18 bits per heavy atom. The third kappa shape index (κ3) is 33.1. The fourth-order valence-electron chi connectivity index (χ4n) is 6.49. The van der Waals surface area contributed by atoms with Crippen LogP contribution in [-0.4, -0.2) is 78.7 Å². The Morgan fingerprint density at radius 2 is 0.824 bits per heavy atom. The zero-order chi connectivity index (χ0) is 37.8. The highest BCUT2D eigenvalue weighted by atomic mass is 32.2. The van der Waals surface area contributed by atoms with Crippen molar-refractivity contribution < 1.29 is 23.9 Å². The fourth-order valence-corrected chi connectivity index (χ4v) is 7.31. The number of hydrogen-bond acceptors (Lipinski definition) is 7. The molecular weight excluding hydrogens is 657 g/mol. The Balaban J connectivity index is 5.06. The number of carbonyl (C=O) groups is 3. The molecule has 7 nitrogen and oxygen atoms in total. The molecule has 1 unspecified atom stereocenters. The molecule has 0 aliphatic rings. The Morgan fingerprint density at radius 1 is 0.471 bits per heavy atom. The predicted molar refractivity (Wildman–Crippen MR) is 220 cm³/mol. The molecule has 0 aromatic rings. The van der Waals surface area contributed by atoms with Gasteiger partial charge in [0.25, 0.3) is 5.24 Å². The molecule has 0 aliphatic heterocycles. The van der Waals surface area contributed by atoms with Crippen LogP contribution in [0.3, 0.4) is 0 Å².